The van der Waals surface area contributed by atoms with E-state index in [4.69, 9.17) is 5.11 Å². The summed E-state index contributed by atoms with van der Waals surface area (Å²) in [7, 11) is 0. The summed E-state index contributed by atoms with van der Waals surface area (Å²) < 4.78 is 0. The van der Waals surface area contributed by atoms with E-state index in [0.717, 1.165) is 19.5 Å². The summed E-state index contributed by atoms with van der Waals surface area (Å²) in [5.74, 6) is 0.401. The Morgan fingerprint density at radius 2 is 2.00 bits per heavy atom. The molecule has 0 bridgehead atoms. The number of hydrogen-bond acceptors (Lipinski definition) is 2. The average molecular weight is 193 g/mol. The molecule has 0 unspecified atom stereocenters. The maximum absolute atomic E-state index is 8.82. The molecule has 0 saturated carbocycles. The van der Waals surface area contributed by atoms with Gasteiger partial charge in [-0.3, -0.25) is 0 Å². The number of aliphatic hydroxyl groups is 1. The van der Waals surface area contributed by atoms with E-state index in [2.05, 4.69) is 24.4 Å². The minimum Gasteiger partial charge on any atom is -0.396 e. The highest BCUT2D eigenvalue weighted by Gasteiger charge is 1.98. The fraction of sp³-hybridized carbons (Fsp3) is 0.500. The third-order valence-corrected chi connectivity index (χ3v) is 2.30. The van der Waals surface area contributed by atoms with E-state index in [1.165, 1.54) is 5.56 Å². The lowest BCUT2D eigenvalue weighted by Crippen LogP contribution is -2.18. The summed E-state index contributed by atoms with van der Waals surface area (Å²) in [5.41, 5.74) is 1.31. The fourth-order valence-electron chi connectivity index (χ4n) is 1.27. The Morgan fingerprint density at radius 1 is 1.29 bits per heavy atom. The van der Waals surface area contributed by atoms with E-state index in [9.17, 15) is 0 Å². The Bertz CT molecular complexity index is 235. The van der Waals surface area contributed by atoms with Crippen LogP contribution in [0.2, 0.25) is 0 Å². The van der Waals surface area contributed by atoms with Crippen molar-refractivity contribution in [1.82, 2.24) is 5.32 Å². The van der Waals surface area contributed by atoms with Gasteiger partial charge < -0.3 is 10.4 Å². The van der Waals surface area contributed by atoms with Crippen molar-refractivity contribution in [2.45, 2.75) is 19.9 Å². The second-order valence-electron chi connectivity index (χ2n) is 3.74. The number of rotatable bonds is 6. The molecule has 0 aliphatic heterocycles. The summed E-state index contributed by atoms with van der Waals surface area (Å²) in [6, 6.07) is 10.4. The van der Waals surface area contributed by atoms with E-state index in [0.29, 0.717) is 5.92 Å². The molecule has 0 amide bonds. The summed E-state index contributed by atoms with van der Waals surface area (Å²) in [4.78, 5) is 0. The second kappa shape index (κ2) is 6.57. The van der Waals surface area contributed by atoms with Crippen LogP contribution in [-0.2, 0) is 6.54 Å². The quantitative estimate of drug-likeness (QED) is 0.675. The van der Waals surface area contributed by atoms with Crippen molar-refractivity contribution in [3.63, 3.8) is 0 Å². The van der Waals surface area contributed by atoms with E-state index in [-0.39, 0.29) is 6.61 Å². The maximum atomic E-state index is 8.82. The molecule has 78 valence electrons. The topological polar surface area (TPSA) is 32.3 Å². The van der Waals surface area contributed by atoms with Crippen LogP contribution in [0.4, 0.5) is 0 Å². The largest absolute Gasteiger partial charge is 0.396 e. The number of nitrogens with one attached hydrogen (secondary N) is 1. The smallest absolute Gasteiger partial charge is 0.0457 e. The Balaban J connectivity index is 2.10. The molecule has 1 rings (SSSR count). The first kappa shape index (κ1) is 11.2. The van der Waals surface area contributed by atoms with Gasteiger partial charge in [-0.25, -0.2) is 0 Å². The van der Waals surface area contributed by atoms with E-state index < -0.39 is 0 Å². The predicted molar refractivity (Wildman–Crippen MR) is 59.0 cm³/mol. The zero-order chi connectivity index (χ0) is 10.2. The van der Waals surface area contributed by atoms with Crippen molar-refractivity contribution in [2.24, 2.45) is 5.92 Å². The molecule has 0 radical (unpaired) electrons. The number of hydrogen-bond donors (Lipinski definition) is 2. The van der Waals surface area contributed by atoms with Gasteiger partial charge in [0.15, 0.2) is 0 Å². The molecule has 0 aliphatic rings. The summed E-state index contributed by atoms with van der Waals surface area (Å²) in [6.45, 7) is 4.23. The highest BCUT2D eigenvalue weighted by atomic mass is 16.3. The molecular weight excluding hydrogens is 174 g/mol. The van der Waals surface area contributed by atoms with Crippen LogP contribution in [0.5, 0.6) is 0 Å². The molecule has 0 aliphatic carbocycles. The maximum Gasteiger partial charge on any atom is 0.0457 e. The van der Waals surface area contributed by atoms with Crippen LogP contribution >= 0.6 is 0 Å². The van der Waals surface area contributed by atoms with Crippen molar-refractivity contribution in [3.05, 3.63) is 35.9 Å². The molecule has 0 aromatic heterocycles. The summed E-state index contributed by atoms with van der Waals surface area (Å²) >= 11 is 0. The van der Waals surface area contributed by atoms with Crippen LogP contribution in [0.3, 0.4) is 0 Å². The average Bonchev–Trinajstić information content (AvgIpc) is 2.25. The molecule has 1 atom stereocenters. The van der Waals surface area contributed by atoms with E-state index in [1.807, 2.05) is 18.2 Å². The molecule has 1 aromatic rings. The highest BCUT2D eigenvalue weighted by Crippen LogP contribution is 2.00. The monoisotopic (exact) mass is 193 g/mol. The lowest BCUT2D eigenvalue weighted by Gasteiger charge is -2.08. The first-order valence-corrected chi connectivity index (χ1v) is 5.18. The van der Waals surface area contributed by atoms with Gasteiger partial charge in [0.25, 0.3) is 0 Å². The fourth-order valence-corrected chi connectivity index (χ4v) is 1.27. The van der Waals surface area contributed by atoms with Crippen molar-refractivity contribution in [3.8, 4) is 0 Å². The lowest BCUT2D eigenvalue weighted by atomic mass is 10.1. The van der Waals surface area contributed by atoms with E-state index in [1.54, 1.807) is 0 Å². The Kier molecular flexibility index (Phi) is 5.27. The molecular formula is C12H19NO. The molecule has 0 spiro atoms. The first-order chi connectivity index (χ1) is 6.83. The minimum absolute atomic E-state index is 0.285. The normalized spacial score (nSPS) is 12.7. The van der Waals surface area contributed by atoms with Crippen LogP contribution in [-0.4, -0.2) is 18.3 Å². The van der Waals surface area contributed by atoms with Crippen LogP contribution in [0.25, 0.3) is 0 Å². The van der Waals surface area contributed by atoms with Gasteiger partial charge in [0, 0.05) is 13.2 Å². The standard InChI is InChI=1S/C12H19NO/c1-11(10-14)7-8-13-9-12-5-3-2-4-6-12/h2-6,11,13-14H,7-10H2,1H3/t11-/m1/s1. The number of aliphatic hydroxyl groups excluding tert-OH is 1. The lowest BCUT2D eigenvalue weighted by molar-refractivity contribution is 0.229. The zero-order valence-corrected chi connectivity index (χ0v) is 8.74. The molecule has 14 heavy (non-hydrogen) atoms. The SMILES string of the molecule is C[C@@H](CO)CCNCc1ccccc1. The number of benzene rings is 1. The first-order valence-electron chi connectivity index (χ1n) is 5.18. The van der Waals surface area contributed by atoms with Crippen molar-refractivity contribution < 1.29 is 5.11 Å². The summed E-state index contributed by atoms with van der Waals surface area (Å²) in [5, 5.41) is 12.2. The molecule has 0 fully saturated rings. The molecule has 0 saturated heterocycles. The van der Waals surface area contributed by atoms with Gasteiger partial charge in [-0.1, -0.05) is 37.3 Å². The zero-order valence-electron chi connectivity index (χ0n) is 8.74. The van der Waals surface area contributed by atoms with Gasteiger partial charge in [-0.05, 0) is 24.4 Å². The van der Waals surface area contributed by atoms with Gasteiger partial charge in [0.05, 0.1) is 0 Å². The van der Waals surface area contributed by atoms with Gasteiger partial charge in [-0.2, -0.15) is 0 Å². The van der Waals surface area contributed by atoms with Crippen molar-refractivity contribution in [2.75, 3.05) is 13.2 Å². The van der Waals surface area contributed by atoms with E-state index >= 15 is 0 Å². The predicted octanol–water partition coefficient (Wildman–Crippen LogP) is 1.79. The molecule has 2 N–H and O–H groups in total. The third kappa shape index (κ3) is 4.40. The van der Waals surface area contributed by atoms with Gasteiger partial charge in [0.2, 0.25) is 0 Å². The van der Waals surface area contributed by atoms with Crippen molar-refractivity contribution >= 4 is 0 Å². The van der Waals surface area contributed by atoms with Gasteiger partial charge in [0.1, 0.15) is 0 Å². The Labute approximate surface area is 86.0 Å². The summed E-state index contributed by atoms with van der Waals surface area (Å²) in [6.07, 6.45) is 1.03. The Morgan fingerprint density at radius 3 is 2.64 bits per heavy atom. The van der Waals surface area contributed by atoms with Crippen LogP contribution < -0.4 is 5.32 Å². The van der Waals surface area contributed by atoms with Crippen molar-refractivity contribution in [1.29, 1.82) is 0 Å². The molecule has 2 nitrogen and oxygen atoms in total. The third-order valence-electron chi connectivity index (χ3n) is 2.30. The molecule has 1 aromatic carbocycles. The van der Waals surface area contributed by atoms with Crippen LogP contribution in [0, 0.1) is 5.92 Å². The van der Waals surface area contributed by atoms with Gasteiger partial charge in [-0.15, -0.1) is 0 Å². The highest BCUT2D eigenvalue weighted by molar-refractivity contribution is 5.14. The van der Waals surface area contributed by atoms with Crippen LogP contribution in [0.15, 0.2) is 30.3 Å². The molecule has 2 heteroatoms. The second-order valence-corrected chi connectivity index (χ2v) is 3.74. The van der Waals surface area contributed by atoms with Crippen LogP contribution in [0.1, 0.15) is 18.9 Å². The van der Waals surface area contributed by atoms with Gasteiger partial charge >= 0.3 is 0 Å². The Hall–Kier alpha value is -0.860. The minimum atomic E-state index is 0.285. The molecule has 0 heterocycles.